The molecule has 1 N–H and O–H groups in total. The van der Waals surface area contributed by atoms with Crippen molar-refractivity contribution in [2.75, 3.05) is 31.1 Å². The van der Waals surface area contributed by atoms with Crippen LogP contribution in [-0.2, 0) is 6.18 Å². The summed E-state index contributed by atoms with van der Waals surface area (Å²) in [4.78, 5) is 5.58. The lowest BCUT2D eigenvalue weighted by Gasteiger charge is -2.49. The predicted molar refractivity (Wildman–Crippen MR) is 66.1 cm³/mol. The number of aromatic nitrogens is 1. The van der Waals surface area contributed by atoms with Crippen LogP contribution in [0.4, 0.5) is 18.9 Å². The minimum atomic E-state index is -4.38. The first-order chi connectivity index (χ1) is 8.88. The zero-order chi connectivity index (χ0) is 13.7. The van der Waals surface area contributed by atoms with Gasteiger partial charge in [0.15, 0.2) is 0 Å². The van der Waals surface area contributed by atoms with Crippen molar-refractivity contribution in [3.63, 3.8) is 0 Å². The lowest BCUT2D eigenvalue weighted by atomic mass is 9.79. The van der Waals surface area contributed by atoms with E-state index in [0.717, 1.165) is 38.7 Å². The maximum Gasteiger partial charge on any atom is 0.433 e. The molecule has 0 radical (unpaired) electrons. The smallest absolute Gasteiger partial charge is 0.370 e. The molecule has 19 heavy (non-hydrogen) atoms. The SMILES string of the molecule is Cc1cc(N2CC3(CCNC3)C2)cc(C(F)(F)F)n1. The van der Waals surface area contributed by atoms with E-state index in [0.29, 0.717) is 11.4 Å². The van der Waals surface area contributed by atoms with Crippen molar-refractivity contribution in [2.45, 2.75) is 19.5 Å². The van der Waals surface area contributed by atoms with E-state index in [1.165, 1.54) is 0 Å². The fourth-order valence-corrected chi connectivity index (χ4v) is 2.99. The molecular weight excluding hydrogens is 255 g/mol. The average Bonchev–Trinajstić information content (AvgIpc) is 2.73. The molecule has 6 heteroatoms. The molecule has 0 bridgehead atoms. The van der Waals surface area contributed by atoms with Crippen molar-refractivity contribution in [1.82, 2.24) is 10.3 Å². The lowest BCUT2D eigenvalue weighted by Crippen LogP contribution is -2.57. The predicted octanol–water partition coefficient (Wildman–Crippen LogP) is 2.21. The molecule has 0 aromatic carbocycles. The number of rotatable bonds is 1. The normalized spacial score (nSPS) is 21.8. The molecule has 0 unspecified atom stereocenters. The number of halogens is 3. The first-order valence-electron chi connectivity index (χ1n) is 6.40. The molecule has 3 rings (SSSR count). The third kappa shape index (κ3) is 2.29. The fraction of sp³-hybridized carbons (Fsp3) is 0.615. The van der Waals surface area contributed by atoms with Crippen molar-refractivity contribution in [3.05, 3.63) is 23.5 Å². The molecule has 0 aliphatic carbocycles. The highest BCUT2D eigenvalue weighted by Gasteiger charge is 2.45. The summed E-state index contributed by atoms with van der Waals surface area (Å²) in [6.45, 7) is 5.25. The Hall–Kier alpha value is -1.30. The molecule has 2 aliphatic rings. The largest absolute Gasteiger partial charge is 0.433 e. The number of hydrogen-bond acceptors (Lipinski definition) is 3. The summed E-state index contributed by atoms with van der Waals surface area (Å²) in [5.41, 5.74) is 0.524. The molecular formula is C13H16F3N3. The molecule has 3 heterocycles. The van der Waals surface area contributed by atoms with Gasteiger partial charge in [0.1, 0.15) is 5.69 Å². The second-order valence-electron chi connectivity index (χ2n) is 5.63. The summed E-state index contributed by atoms with van der Waals surface area (Å²) in [5, 5.41) is 3.32. The van der Waals surface area contributed by atoms with Crippen LogP contribution < -0.4 is 10.2 Å². The second-order valence-corrected chi connectivity index (χ2v) is 5.63. The van der Waals surface area contributed by atoms with Gasteiger partial charge in [-0.15, -0.1) is 0 Å². The van der Waals surface area contributed by atoms with E-state index in [4.69, 9.17) is 0 Å². The summed E-state index contributed by atoms with van der Waals surface area (Å²) in [6.07, 6.45) is -3.27. The van der Waals surface area contributed by atoms with Gasteiger partial charge in [-0.05, 0) is 32.0 Å². The molecule has 0 atom stereocenters. The van der Waals surface area contributed by atoms with Gasteiger partial charge in [-0.2, -0.15) is 13.2 Å². The summed E-state index contributed by atoms with van der Waals surface area (Å²) in [7, 11) is 0. The van der Waals surface area contributed by atoms with Gasteiger partial charge in [0, 0.05) is 36.4 Å². The van der Waals surface area contributed by atoms with Gasteiger partial charge in [-0.3, -0.25) is 0 Å². The monoisotopic (exact) mass is 271 g/mol. The van der Waals surface area contributed by atoms with Crippen LogP contribution in [0.15, 0.2) is 12.1 Å². The topological polar surface area (TPSA) is 28.2 Å². The number of alkyl halides is 3. The molecule has 2 saturated heterocycles. The van der Waals surface area contributed by atoms with Gasteiger partial charge in [-0.1, -0.05) is 0 Å². The molecule has 3 nitrogen and oxygen atoms in total. The Morgan fingerprint density at radius 2 is 2.05 bits per heavy atom. The van der Waals surface area contributed by atoms with Crippen LogP contribution in [0.5, 0.6) is 0 Å². The summed E-state index contributed by atoms with van der Waals surface area (Å²) < 4.78 is 38.2. The van der Waals surface area contributed by atoms with Crippen LogP contribution in [-0.4, -0.2) is 31.2 Å². The van der Waals surface area contributed by atoms with Crippen molar-refractivity contribution in [1.29, 1.82) is 0 Å². The summed E-state index contributed by atoms with van der Waals surface area (Å²) >= 11 is 0. The van der Waals surface area contributed by atoms with Gasteiger partial charge in [-0.25, -0.2) is 4.98 Å². The van der Waals surface area contributed by atoms with Gasteiger partial charge in [0.2, 0.25) is 0 Å². The zero-order valence-electron chi connectivity index (χ0n) is 10.7. The van der Waals surface area contributed by atoms with E-state index in [1.54, 1.807) is 13.0 Å². The maximum atomic E-state index is 12.7. The first kappa shape index (κ1) is 12.7. The molecule has 2 fully saturated rings. The maximum absolute atomic E-state index is 12.7. The van der Waals surface area contributed by atoms with Gasteiger partial charge >= 0.3 is 6.18 Å². The highest BCUT2D eigenvalue weighted by atomic mass is 19.4. The minimum absolute atomic E-state index is 0.273. The van der Waals surface area contributed by atoms with E-state index in [2.05, 4.69) is 10.3 Å². The molecule has 0 amide bonds. The van der Waals surface area contributed by atoms with E-state index in [1.807, 2.05) is 4.90 Å². The Morgan fingerprint density at radius 3 is 2.63 bits per heavy atom. The molecule has 1 aromatic heterocycles. The number of aryl methyl sites for hydroxylation is 1. The molecule has 1 aromatic rings. The molecule has 0 saturated carbocycles. The quantitative estimate of drug-likeness (QED) is 0.849. The summed E-state index contributed by atoms with van der Waals surface area (Å²) in [5.74, 6) is 0. The van der Waals surface area contributed by atoms with E-state index in [-0.39, 0.29) is 5.41 Å². The van der Waals surface area contributed by atoms with Crippen molar-refractivity contribution in [3.8, 4) is 0 Å². The Labute approximate surface area is 109 Å². The molecule has 104 valence electrons. The average molecular weight is 271 g/mol. The fourth-order valence-electron chi connectivity index (χ4n) is 2.99. The van der Waals surface area contributed by atoms with Crippen molar-refractivity contribution in [2.24, 2.45) is 5.41 Å². The Kier molecular flexibility index (Phi) is 2.74. The van der Waals surface area contributed by atoms with Crippen LogP contribution in [0.2, 0.25) is 0 Å². The zero-order valence-corrected chi connectivity index (χ0v) is 10.7. The van der Waals surface area contributed by atoms with Crippen molar-refractivity contribution >= 4 is 5.69 Å². The Bertz CT molecular complexity index is 484. The van der Waals surface area contributed by atoms with Gasteiger partial charge in [0.05, 0.1) is 0 Å². The lowest BCUT2D eigenvalue weighted by molar-refractivity contribution is -0.141. The summed E-state index contributed by atoms with van der Waals surface area (Å²) in [6, 6.07) is 2.88. The number of hydrogen-bond donors (Lipinski definition) is 1. The van der Waals surface area contributed by atoms with Crippen LogP contribution in [0.1, 0.15) is 17.8 Å². The Morgan fingerprint density at radius 1 is 1.32 bits per heavy atom. The van der Waals surface area contributed by atoms with Crippen LogP contribution in [0.3, 0.4) is 0 Å². The number of nitrogens with one attached hydrogen (secondary N) is 1. The third-order valence-corrected chi connectivity index (χ3v) is 3.98. The van der Waals surface area contributed by atoms with Crippen molar-refractivity contribution < 1.29 is 13.2 Å². The molecule has 2 aliphatic heterocycles. The van der Waals surface area contributed by atoms with Crippen LogP contribution in [0.25, 0.3) is 0 Å². The number of nitrogens with zero attached hydrogens (tertiary/aromatic N) is 2. The van der Waals surface area contributed by atoms with E-state index >= 15 is 0 Å². The highest BCUT2D eigenvalue weighted by molar-refractivity contribution is 5.52. The number of anilines is 1. The Balaban J connectivity index is 1.81. The van der Waals surface area contributed by atoms with Gasteiger partial charge < -0.3 is 10.2 Å². The van der Waals surface area contributed by atoms with E-state index < -0.39 is 11.9 Å². The van der Waals surface area contributed by atoms with E-state index in [9.17, 15) is 13.2 Å². The standard InChI is InChI=1S/C13H16F3N3/c1-9-4-10(5-11(18-9)13(14,15)16)19-7-12(8-19)2-3-17-6-12/h4-5,17H,2-3,6-8H2,1H3. The third-order valence-electron chi connectivity index (χ3n) is 3.98. The molecule has 1 spiro atoms. The van der Waals surface area contributed by atoms with Crippen LogP contribution in [0, 0.1) is 12.3 Å². The number of pyridine rings is 1. The highest BCUT2D eigenvalue weighted by Crippen LogP contribution is 2.40. The first-order valence-corrected chi connectivity index (χ1v) is 6.40. The van der Waals surface area contributed by atoms with Crippen LogP contribution >= 0.6 is 0 Å². The second kappa shape index (κ2) is 4.10. The van der Waals surface area contributed by atoms with Gasteiger partial charge in [0.25, 0.3) is 0 Å². The minimum Gasteiger partial charge on any atom is -0.370 e.